The summed E-state index contributed by atoms with van der Waals surface area (Å²) >= 11 is 13.4. The number of hydrogen-bond acceptors (Lipinski definition) is 2. The van der Waals surface area contributed by atoms with Gasteiger partial charge in [-0.05, 0) is 88.0 Å². The number of halogens is 4. The summed E-state index contributed by atoms with van der Waals surface area (Å²) in [4.78, 5) is 14.5. The molecule has 0 unspecified atom stereocenters. The molecule has 0 fully saturated rings. The molecule has 4 aromatic rings. The molecule has 2 N–H and O–H groups in total. The lowest BCUT2D eigenvalue weighted by Crippen LogP contribution is -1.71. The quantitative estimate of drug-likeness (QED) is 0.274. The lowest BCUT2D eigenvalue weighted by Gasteiger charge is -1.93. The van der Waals surface area contributed by atoms with Crippen LogP contribution in [0.25, 0.3) is 22.1 Å². The van der Waals surface area contributed by atoms with Gasteiger partial charge in [0.25, 0.3) is 0 Å². The Morgan fingerprint density at radius 1 is 0.682 bits per heavy atom. The topological polar surface area (TPSA) is 57.4 Å². The standard InChI is InChI=1S/C7H3Br3N2.C7H5BrN2/c8-3-1-5-6(2-4(3)9)12-7(10)11-5;8-7-9-5-3-1-2-4-6(5)10-7/h1-2H,(H,11,12);1-4H,(H,9,10). The van der Waals surface area contributed by atoms with Crippen molar-refractivity contribution in [1.82, 2.24) is 19.9 Å². The molecule has 0 atom stereocenters. The normalized spacial score (nSPS) is 10.7. The number of aromatic nitrogens is 4. The average molecular weight is 552 g/mol. The van der Waals surface area contributed by atoms with E-state index in [4.69, 9.17) is 0 Å². The van der Waals surface area contributed by atoms with E-state index in [1.807, 2.05) is 36.4 Å². The molecule has 0 saturated heterocycles. The van der Waals surface area contributed by atoms with E-state index in [-0.39, 0.29) is 0 Å². The summed E-state index contributed by atoms with van der Waals surface area (Å²) in [7, 11) is 0. The molecule has 0 bridgehead atoms. The van der Waals surface area contributed by atoms with Crippen LogP contribution in [-0.2, 0) is 0 Å². The predicted octanol–water partition coefficient (Wildman–Crippen LogP) is 6.18. The van der Waals surface area contributed by atoms with Crippen molar-refractivity contribution in [3.8, 4) is 0 Å². The van der Waals surface area contributed by atoms with Gasteiger partial charge in [-0.1, -0.05) is 12.1 Å². The number of fused-ring (bicyclic) bond motifs is 2. The maximum Gasteiger partial charge on any atom is 0.175 e. The van der Waals surface area contributed by atoms with Crippen LogP contribution < -0.4 is 0 Å². The molecule has 8 heteroatoms. The molecule has 0 aliphatic carbocycles. The molecule has 0 radical (unpaired) electrons. The molecule has 0 aliphatic heterocycles. The zero-order valence-corrected chi connectivity index (χ0v) is 17.2. The van der Waals surface area contributed by atoms with Gasteiger partial charge in [-0.2, -0.15) is 0 Å². The van der Waals surface area contributed by atoms with Crippen molar-refractivity contribution in [3.63, 3.8) is 0 Å². The van der Waals surface area contributed by atoms with Gasteiger partial charge in [0, 0.05) is 8.95 Å². The first kappa shape index (κ1) is 16.2. The van der Waals surface area contributed by atoms with Gasteiger partial charge < -0.3 is 9.97 Å². The maximum atomic E-state index is 4.23. The first-order chi connectivity index (χ1) is 10.5. The Hall–Kier alpha value is -0.700. The van der Waals surface area contributed by atoms with Gasteiger partial charge in [0.2, 0.25) is 0 Å². The zero-order valence-electron chi connectivity index (χ0n) is 10.9. The number of rotatable bonds is 0. The molecule has 2 aromatic heterocycles. The Labute approximate surface area is 159 Å². The average Bonchev–Trinajstić information content (AvgIpc) is 3.00. The second-order valence-electron chi connectivity index (χ2n) is 4.36. The SMILES string of the molecule is Brc1nc2cc(Br)c(Br)cc2[nH]1.Brc1nc2ccccc2[nH]1. The van der Waals surface area contributed by atoms with Crippen LogP contribution in [-0.4, -0.2) is 19.9 Å². The lowest BCUT2D eigenvalue weighted by atomic mass is 10.3. The van der Waals surface area contributed by atoms with E-state index >= 15 is 0 Å². The maximum absolute atomic E-state index is 4.23. The van der Waals surface area contributed by atoms with Gasteiger partial charge in [0.15, 0.2) is 9.47 Å². The summed E-state index contributed by atoms with van der Waals surface area (Å²) in [6.45, 7) is 0. The number of H-pyrrole nitrogens is 2. The summed E-state index contributed by atoms with van der Waals surface area (Å²) in [5, 5.41) is 0. The van der Waals surface area contributed by atoms with Gasteiger partial charge in [-0.3, -0.25) is 0 Å². The highest BCUT2D eigenvalue weighted by atomic mass is 79.9. The van der Waals surface area contributed by atoms with E-state index in [0.29, 0.717) is 0 Å². The van der Waals surface area contributed by atoms with Crippen LogP contribution in [0.2, 0.25) is 0 Å². The molecule has 2 aromatic carbocycles. The number of hydrogen-bond donors (Lipinski definition) is 2. The van der Waals surface area contributed by atoms with E-state index in [0.717, 1.165) is 40.5 Å². The van der Waals surface area contributed by atoms with Crippen molar-refractivity contribution >= 4 is 85.8 Å². The van der Waals surface area contributed by atoms with Crippen LogP contribution in [0.5, 0.6) is 0 Å². The Morgan fingerprint density at radius 2 is 1.27 bits per heavy atom. The third kappa shape index (κ3) is 3.61. The van der Waals surface area contributed by atoms with Crippen LogP contribution in [0, 0.1) is 0 Å². The van der Waals surface area contributed by atoms with Crippen molar-refractivity contribution < 1.29 is 0 Å². The summed E-state index contributed by atoms with van der Waals surface area (Å²) in [6.07, 6.45) is 0. The smallest absolute Gasteiger partial charge is 0.175 e. The fraction of sp³-hybridized carbons (Fsp3) is 0. The Bertz CT molecular complexity index is 872. The van der Waals surface area contributed by atoms with Crippen LogP contribution in [0.4, 0.5) is 0 Å². The fourth-order valence-corrected chi connectivity index (χ4v) is 3.38. The van der Waals surface area contributed by atoms with E-state index in [1.165, 1.54) is 0 Å². The molecule has 0 saturated carbocycles. The lowest BCUT2D eigenvalue weighted by molar-refractivity contribution is 1.27. The first-order valence-electron chi connectivity index (χ1n) is 6.13. The van der Waals surface area contributed by atoms with Crippen LogP contribution >= 0.6 is 63.7 Å². The van der Waals surface area contributed by atoms with E-state index < -0.39 is 0 Å². The molecule has 0 amide bonds. The Morgan fingerprint density at radius 3 is 2.00 bits per heavy atom. The largest absolute Gasteiger partial charge is 0.332 e. The third-order valence-electron chi connectivity index (χ3n) is 2.86. The molecular weight excluding hydrogens is 544 g/mol. The first-order valence-corrected chi connectivity index (χ1v) is 9.30. The Balaban J connectivity index is 0.000000133. The monoisotopic (exact) mass is 548 g/mol. The fourth-order valence-electron chi connectivity index (χ4n) is 1.90. The minimum Gasteiger partial charge on any atom is -0.332 e. The van der Waals surface area contributed by atoms with E-state index in [1.54, 1.807) is 0 Å². The highest BCUT2D eigenvalue weighted by Crippen LogP contribution is 2.28. The third-order valence-corrected chi connectivity index (χ3v) is 5.45. The zero-order chi connectivity index (χ0) is 15.7. The minimum absolute atomic E-state index is 0.752. The molecule has 4 nitrogen and oxygen atoms in total. The predicted molar refractivity (Wildman–Crippen MR) is 103 cm³/mol. The molecule has 2 heterocycles. The molecule has 4 rings (SSSR count). The van der Waals surface area contributed by atoms with Crippen LogP contribution in [0.15, 0.2) is 54.8 Å². The summed E-state index contributed by atoms with van der Waals surface area (Å²) in [6, 6.07) is 11.9. The number of imidazole rings is 2. The summed E-state index contributed by atoms with van der Waals surface area (Å²) < 4.78 is 3.57. The van der Waals surface area contributed by atoms with E-state index in [9.17, 15) is 0 Å². The second kappa shape index (κ2) is 6.82. The number of aromatic amines is 2. The summed E-state index contributed by atoms with van der Waals surface area (Å²) in [5.74, 6) is 0. The van der Waals surface area contributed by atoms with Crippen molar-refractivity contribution in [1.29, 1.82) is 0 Å². The Kier molecular flexibility index (Phi) is 5.01. The number of benzene rings is 2. The van der Waals surface area contributed by atoms with Gasteiger partial charge in [-0.15, -0.1) is 0 Å². The van der Waals surface area contributed by atoms with Gasteiger partial charge in [0.1, 0.15) is 0 Å². The van der Waals surface area contributed by atoms with Gasteiger partial charge >= 0.3 is 0 Å². The molecule has 112 valence electrons. The van der Waals surface area contributed by atoms with Crippen molar-refractivity contribution in [2.75, 3.05) is 0 Å². The van der Waals surface area contributed by atoms with Gasteiger partial charge in [0.05, 0.1) is 22.1 Å². The molecule has 22 heavy (non-hydrogen) atoms. The van der Waals surface area contributed by atoms with Gasteiger partial charge in [-0.25, -0.2) is 9.97 Å². The molecular formula is C14H8Br4N4. The van der Waals surface area contributed by atoms with Crippen LogP contribution in [0.3, 0.4) is 0 Å². The molecule has 0 spiro atoms. The van der Waals surface area contributed by atoms with Crippen LogP contribution in [0.1, 0.15) is 0 Å². The van der Waals surface area contributed by atoms with E-state index in [2.05, 4.69) is 83.7 Å². The highest BCUT2D eigenvalue weighted by Gasteiger charge is 2.03. The van der Waals surface area contributed by atoms with Crippen molar-refractivity contribution in [2.45, 2.75) is 0 Å². The summed E-state index contributed by atoms with van der Waals surface area (Å²) in [5.41, 5.74) is 4.01. The number of para-hydroxylation sites is 2. The van der Waals surface area contributed by atoms with Crippen molar-refractivity contribution in [2.24, 2.45) is 0 Å². The minimum atomic E-state index is 0.752. The molecule has 0 aliphatic rings. The number of nitrogens with zero attached hydrogens (tertiary/aromatic N) is 2. The second-order valence-corrected chi connectivity index (χ2v) is 7.57. The highest BCUT2D eigenvalue weighted by molar-refractivity contribution is 9.13. The van der Waals surface area contributed by atoms with Crippen molar-refractivity contribution in [3.05, 3.63) is 54.8 Å². The number of nitrogens with one attached hydrogen (secondary N) is 2.